The Morgan fingerprint density at radius 2 is 2.00 bits per heavy atom. The number of fused-ring (bicyclic) bond motifs is 1. The summed E-state index contributed by atoms with van der Waals surface area (Å²) in [4.78, 5) is 10.8. The van der Waals surface area contributed by atoms with Gasteiger partial charge in [0.05, 0.1) is 29.6 Å². The van der Waals surface area contributed by atoms with Crippen molar-refractivity contribution >= 4 is 21.4 Å². The summed E-state index contributed by atoms with van der Waals surface area (Å²) in [5.74, 6) is 1.62. The normalized spacial score (nSPS) is 17.4. The molecule has 2 aromatic rings. The summed E-state index contributed by atoms with van der Waals surface area (Å²) in [6.45, 7) is 2.18. The number of rotatable bonds is 6. The quantitative estimate of drug-likeness (QED) is 0.547. The first-order valence-electron chi connectivity index (χ1n) is 8.98. The van der Waals surface area contributed by atoms with Crippen molar-refractivity contribution in [2.45, 2.75) is 30.8 Å². The molecule has 0 unspecified atom stereocenters. The van der Waals surface area contributed by atoms with Gasteiger partial charge in [0.25, 0.3) is 5.69 Å². The number of aromatic nitrogens is 3. The van der Waals surface area contributed by atoms with Crippen LogP contribution < -0.4 is 5.32 Å². The number of aryl methyl sites for hydroxylation is 1. The number of ether oxygens (including phenoxy) is 1. The summed E-state index contributed by atoms with van der Waals surface area (Å²) >= 11 is 0. The van der Waals surface area contributed by atoms with Crippen LogP contribution in [0.25, 0.3) is 0 Å². The van der Waals surface area contributed by atoms with Crippen molar-refractivity contribution in [3.05, 3.63) is 40.0 Å². The average molecular weight is 408 g/mol. The number of sulfonamides is 1. The van der Waals surface area contributed by atoms with Gasteiger partial charge in [0, 0.05) is 32.1 Å². The zero-order chi connectivity index (χ0) is 19.7. The summed E-state index contributed by atoms with van der Waals surface area (Å²) in [6.07, 6.45) is 1.88. The fourth-order valence-corrected chi connectivity index (χ4v) is 4.85. The molecule has 0 bridgehead atoms. The van der Waals surface area contributed by atoms with E-state index in [1.807, 2.05) is 4.57 Å². The van der Waals surface area contributed by atoms with Crippen LogP contribution in [0, 0.1) is 10.1 Å². The highest BCUT2D eigenvalue weighted by Gasteiger charge is 2.29. The molecule has 1 fully saturated rings. The third-order valence-corrected chi connectivity index (χ3v) is 6.79. The van der Waals surface area contributed by atoms with Crippen LogP contribution >= 0.6 is 0 Å². The number of nitro groups is 1. The lowest BCUT2D eigenvalue weighted by Crippen LogP contribution is -2.40. The third kappa shape index (κ3) is 3.45. The van der Waals surface area contributed by atoms with E-state index >= 15 is 0 Å². The van der Waals surface area contributed by atoms with Crippen LogP contribution in [0.5, 0.6) is 0 Å². The van der Waals surface area contributed by atoms with Gasteiger partial charge in [0.1, 0.15) is 11.5 Å². The molecular formula is C16H20N6O5S. The molecule has 1 saturated heterocycles. The maximum atomic E-state index is 12.8. The second kappa shape index (κ2) is 7.45. The lowest BCUT2D eigenvalue weighted by Gasteiger charge is -2.26. The molecule has 150 valence electrons. The Hall–Kier alpha value is -2.57. The Morgan fingerprint density at radius 1 is 1.21 bits per heavy atom. The summed E-state index contributed by atoms with van der Waals surface area (Å²) in [6, 6.07) is 3.91. The molecule has 0 atom stereocenters. The Labute approximate surface area is 161 Å². The first-order chi connectivity index (χ1) is 13.5. The van der Waals surface area contributed by atoms with Crippen molar-refractivity contribution in [3.8, 4) is 0 Å². The molecule has 0 spiro atoms. The van der Waals surface area contributed by atoms with Gasteiger partial charge < -0.3 is 14.6 Å². The SMILES string of the molecule is O=[N+]([O-])c1cc(S(=O)(=O)N2CCOCC2)ccc1NCc1nnc2n1CCC2. The zero-order valence-electron chi connectivity index (χ0n) is 15.1. The zero-order valence-corrected chi connectivity index (χ0v) is 15.9. The van der Waals surface area contributed by atoms with Crippen LogP contribution in [0.1, 0.15) is 18.1 Å². The lowest BCUT2D eigenvalue weighted by molar-refractivity contribution is -0.384. The van der Waals surface area contributed by atoms with Crippen LogP contribution in [-0.2, 0) is 34.3 Å². The molecular weight excluding hydrogens is 388 g/mol. The number of nitrogens with zero attached hydrogens (tertiary/aromatic N) is 5. The number of anilines is 1. The van der Waals surface area contributed by atoms with Gasteiger partial charge in [0.2, 0.25) is 10.0 Å². The molecule has 4 rings (SSSR count). The van der Waals surface area contributed by atoms with Crippen molar-refractivity contribution in [1.82, 2.24) is 19.1 Å². The first kappa shape index (κ1) is 18.8. The van der Waals surface area contributed by atoms with E-state index in [1.165, 1.54) is 16.4 Å². The maximum Gasteiger partial charge on any atom is 0.293 e. The van der Waals surface area contributed by atoms with E-state index in [2.05, 4.69) is 15.5 Å². The van der Waals surface area contributed by atoms with Gasteiger partial charge in [-0.1, -0.05) is 0 Å². The van der Waals surface area contributed by atoms with Crippen molar-refractivity contribution in [2.75, 3.05) is 31.6 Å². The Balaban J connectivity index is 1.57. The van der Waals surface area contributed by atoms with Crippen molar-refractivity contribution in [3.63, 3.8) is 0 Å². The van der Waals surface area contributed by atoms with Crippen LogP contribution in [0.15, 0.2) is 23.1 Å². The lowest BCUT2D eigenvalue weighted by atomic mass is 10.2. The van der Waals surface area contributed by atoms with Gasteiger partial charge in [-0.15, -0.1) is 10.2 Å². The van der Waals surface area contributed by atoms with E-state index < -0.39 is 14.9 Å². The Morgan fingerprint density at radius 3 is 2.75 bits per heavy atom. The minimum Gasteiger partial charge on any atom is -0.379 e. The molecule has 0 amide bonds. The smallest absolute Gasteiger partial charge is 0.293 e. The van der Waals surface area contributed by atoms with E-state index in [0.29, 0.717) is 19.0 Å². The molecule has 1 N–H and O–H groups in total. The second-order valence-electron chi connectivity index (χ2n) is 6.59. The van der Waals surface area contributed by atoms with Gasteiger partial charge in [0.15, 0.2) is 5.82 Å². The summed E-state index contributed by atoms with van der Waals surface area (Å²) in [5, 5.41) is 22.7. The van der Waals surface area contributed by atoms with Crippen molar-refractivity contribution in [1.29, 1.82) is 0 Å². The fraction of sp³-hybridized carbons (Fsp3) is 0.500. The van der Waals surface area contributed by atoms with Crippen molar-refractivity contribution in [2.24, 2.45) is 0 Å². The standard InChI is InChI=1S/C16H20N6O5S/c23-22(24)14-10-12(28(25,26)20-6-8-27-9-7-20)3-4-13(14)17-11-16-19-18-15-2-1-5-21(15)16/h3-4,10,17H,1-2,5-9,11H2. The minimum absolute atomic E-state index is 0.102. The minimum atomic E-state index is -3.81. The molecule has 1 aromatic heterocycles. The average Bonchev–Trinajstić information content (AvgIpc) is 3.31. The number of hydrogen-bond donors (Lipinski definition) is 1. The molecule has 1 aromatic carbocycles. The number of nitro benzene ring substituents is 1. The van der Waals surface area contributed by atoms with E-state index in [9.17, 15) is 18.5 Å². The van der Waals surface area contributed by atoms with Crippen LogP contribution in [0.3, 0.4) is 0 Å². The fourth-order valence-electron chi connectivity index (χ4n) is 3.42. The first-order valence-corrected chi connectivity index (χ1v) is 10.4. The van der Waals surface area contributed by atoms with Crippen LogP contribution in [-0.4, -0.2) is 58.7 Å². The molecule has 0 saturated carbocycles. The van der Waals surface area contributed by atoms with Gasteiger partial charge in [-0.25, -0.2) is 8.42 Å². The van der Waals surface area contributed by atoms with Gasteiger partial charge in [-0.2, -0.15) is 4.31 Å². The summed E-state index contributed by atoms with van der Waals surface area (Å²) in [5.41, 5.74) is -0.0585. The van der Waals surface area contributed by atoms with Crippen LogP contribution in [0.4, 0.5) is 11.4 Å². The largest absolute Gasteiger partial charge is 0.379 e. The maximum absolute atomic E-state index is 12.8. The van der Waals surface area contributed by atoms with Crippen LogP contribution in [0.2, 0.25) is 0 Å². The van der Waals surface area contributed by atoms with Gasteiger partial charge >= 0.3 is 0 Å². The number of benzene rings is 1. The molecule has 2 aliphatic heterocycles. The Kier molecular flexibility index (Phi) is 5.00. The monoisotopic (exact) mass is 408 g/mol. The molecule has 3 heterocycles. The number of morpholine rings is 1. The van der Waals surface area contributed by atoms with E-state index in [0.717, 1.165) is 31.3 Å². The molecule has 2 aliphatic rings. The number of nitrogens with one attached hydrogen (secondary N) is 1. The molecule has 28 heavy (non-hydrogen) atoms. The highest BCUT2D eigenvalue weighted by Crippen LogP contribution is 2.30. The van der Waals surface area contributed by atoms with E-state index in [1.54, 1.807) is 0 Å². The summed E-state index contributed by atoms with van der Waals surface area (Å²) in [7, 11) is -3.81. The van der Waals surface area contributed by atoms with E-state index in [-0.39, 0.29) is 35.9 Å². The van der Waals surface area contributed by atoms with Crippen molar-refractivity contribution < 1.29 is 18.1 Å². The van der Waals surface area contributed by atoms with Gasteiger partial charge in [-0.3, -0.25) is 10.1 Å². The molecule has 0 aliphatic carbocycles. The predicted molar refractivity (Wildman–Crippen MR) is 98.3 cm³/mol. The van der Waals surface area contributed by atoms with Gasteiger partial charge in [-0.05, 0) is 18.6 Å². The molecule has 0 radical (unpaired) electrons. The second-order valence-corrected chi connectivity index (χ2v) is 8.53. The summed E-state index contributed by atoms with van der Waals surface area (Å²) < 4.78 is 34.0. The highest BCUT2D eigenvalue weighted by atomic mass is 32.2. The topological polar surface area (TPSA) is 132 Å². The third-order valence-electron chi connectivity index (χ3n) is 4.90. The molecule has 12 heteroatoms. The van der Waals surface area contributed by atoms with E-state index in [4.69, 9.17) is 4.74 Å². The molecule has 11 nitrogen and oxygen atoms in total. The predicted octanol–water partition coefficient (Wildman–Crippen LogP) is 0.765. The highest BCUT2D eigenvalue weighted by molar-refractivity contribution is 7.89. The Bertz CT molecular complexity index is 999. The number of hydrogen-bond acceptors (Lipinski definition) is 8.